The molecule has 0 saturated heterocycles. The molecule has 8 nitrogen and oxygen atoms in total. The summed E-state index contributed by atoms with van der Waals surface area (Å²) < 4.78 is 17.5. The molecule has 1 fully saturated rings. The van der Waals surface area contributed by atoms with Gasteiger partial charge in [0.15, 0.2) is 0 Å². The fourth-order valence-corrected chi connectivity index (χ4v) is 4.49. The maximum Gasteiger partial charge on any atom is 0.323 e. The Hall–Kier alpha value is -2.25. The topological polar surface area (TPSA) is 116 Å². The molecule has 31 heavy (non-hydrogen) atoms. The van der Waals surface area contributed by atoms with Gasteiger partial charge in [-0.1, -0.05) is 18.2 Å². The highest BCUT2D eigenvalue weighted by molar-refractivity contribution is 7.45. The van der Waals surface area contributed by atoms with Crippen LogP contribution in [0.2, 0.25) is 0 Å². The van der Waals surface area contributed by atoms with Crippen LogP contribution in [0.15, 0.2) is 36.5 Å². The smallest absolute Gasteiger partial charge is 0.323 e. The summed E-state index contributed by atoms with van der Waals surface area (Å²) in [6.45, 7) is 3.71. The summed E-state index contributed by atoms with van der Waals surface area (Å²) in [5.41, 5.74) is 7.55. The van der Waals surface area contributed by atoms with Gasteiger partial charge in [-0.05, 0) is 51.7 Å². The zero-order chi connectivity index (χ0) is 22.2. The number of nitrogens with one attached hydrogen (secondary N) is 1. The van der Waals surface area contributed by atoms with Crippen LogP contribution in [0.5, 0.6) is 11.5 Å². The van der Waals surface area contributed by atoms with Crippen molar-refractivity contribution in [2.24, 2.45) is 5.73 Å². The number of aryl methyl sites for hydroxylation is 1. The number of para-hydroxylation sites is 1. The van der Waals surface area contributed by atoms with Crippen LogP contribution in [0.4, 0.5) is 0 Å². The average molecular weight is 447 g/mol. The standard InChI is InChI=1S/C22H30N3O5P/c1-15-21(26)20(12-23)17(13-24-15)14-28-31(30-19-10-4-3-5-11-19)25-16(2)22(27)29-18-8-6-7-9-18/h3-5,10-11,13,16,18,25-26H,6-9,12,14,23H2,1-2H3/t16-,31?/m0/s1. The Kier molecular flexibility index (Phi) is 8.60. The van der Waals surface area contributed by atoms with Crippen molar-refractivity contribution in [3.05, 3.63) is 53.3 Å². The van der Waals surface area contributed by atoms with Gasteiger partial charge in [-0.25, -0.2) is 5.09 Å². The number of ether oxygens (including phenoxy) is 1. The minimum atomic E-state index is -1.69. The highest BCUT2D eigenvalue weighted by Gasteiger charge is 2.27. The van der Waals surface area contributed by atoms with E-state index in [1.165, 1.54) is 0 Å². The Bertz CT molecular complexity index is 862. The normalized spacial score (nSPS) is 16.1. The molecule has 4 N–H and O–H groups in total. The number of nitrogens with two attached hydrogens (primary N) is 1. The average Bonchev–Trinajstić information content (AvgIpc) is 3.28. The first-order valence-corrected chi connectivity index (χ1v) is 11.6. The first-order chi connectivity index (χ1) is 15.0. The van der Waals surface area contributed by atoms with E-state index in [-0.39, 0.29) is 31.0 Å². The quantitative estimate of drug-likeness (QED) is 0.372. The number of carbonyl (C=O) groups is 1. The molecule has 1 aromatic carbocycles. The fourth-order valence-electron chi connectivity index (χ4n) is 3.31. The molecule has 1 aliphatic carbocycles. The van der Waals surface area contributed by atoms with E-state index in [0.717, 1.165) is 25.7 Å². The van der Waals surface area contributed by atoms with Crippen LogP contribution >= 0.6 is 8.53 Å². The van der Waals surface area contributed by atoms with Crippen LogP contribution in [-0.2, 0) is 27.2 Å². The summed E-state index contributed by atoms with van der Waals surface area (Å²) in [7, 11) is -1.69. The molecule has 2 aromatic rings. The predicted molar refractivity (Wildman–Crippen MR) is 118 cm³/mol. The molecular weight excluding hydrogens is 417 g/mol. The molecule has 168 valence electrons. The van der Waals surface area contributed by atoms with Crippen LogP contribution in [0.3, 0.4) is 0 Å². The van der Waals surface area contributed by atoms with E-state index < -0.39 is 14.6 Å². The highest BCUT2D eigenvalue weighted by atomic mass is 31.2. The van der Waals surface area contributed by atoms with Crippen LogP contribution in [-0.4, -0.2) is 28.2 Å². The summed E-state index contributed by atoms with van der Waals surface area (Å²) in [6.07, 6.45) is 5.63. The Balaban J connectivity index is 1.67. The van der Waals surface area contributed by atoms with E-state index in [1.807, 2.05) is 30.3 Å². The molecule has 9 heteroatoms. The second-order valence-corrected chi connectivity index (χ2v) is 8.74. The predicted octanol–water partition coefficient (Wildman–Crippen LogP) is 3.84. The molecule has 3 rings (SSSR count). The summed E-state index contributed by atoms with van der Waals surface area (Å²) in [6, 6.07) is 8.62. The molecule has 1 saturated carbocycles. The number of hydrogen-bond acceptors (Lipinski definition) is 8. The highest BCUT2D eigenvalue weighted by Crippen LogP contribution is 2.38. The van der Waals surface area contributed by atoms with Crippen molar-refractivity contribution in [1.29, 1.82) is 0 Å². The maximum atomic E-state index is 12.5. The molecule has 0 spiro atoms. The number of hydrogen-bond donors (Lipinski definition) is 3. The maximum absolute atomic E-state index is 12.5. The van der Waals surface area contributed by atoms with Gasteiger partial charge in [0.25, 0.3) is 0 Å². The third-order valence-electron chi connectivity index (χ3n) is 5.14. The monoisotopic (exact) mass is 447 g/mol. The zero-order valence-electron chi connectivity index (χ0n) is 17.9. The molecule has 0 radical (unpaired) electrons. The number of aromatic nitrogens is 1. The van der Waals surface area contributed by atoms with Gasteiger partial charge in [0, 0.05) is 23.9 Å². The number of nitrogens with zero attached hydrogens (tertiary/aromatic N) is 1. The summed E-state index contributed by atoms with van der Waals surface area (Å²) in [5.74, 6) is 0.358. The lowest BCUT2D eigenvalue weighted by Gasteiger charge is -2.23. The van der Waals surface area contributed by atoms with Crippen LogP contribution in [0, 0.1) is 6.92 Å². The lowest BCUT2D eigenvalue weighted by molar-refractivity contribution is -0.150. The Morgan fingerprint density at radius 3 is 2.71 bits per heavy atom. The van der Waals surface area contributed by atoms with Crippen molar-refractivity contribution in [2.75, 3.05) is 0 Å². The minimum absolute atomic E-state index is 0.00680. The van der Waals surface area contributed by atoms with Gasteiger partial charge in [-0.3, -0.25) is 9.78 Å². The van der Waals surface area contributed by atoms with E-state index in [1.54, 1.807) is 20.0 Å². The summed E-state index contributed by atoms with van der Waals surface area (Å²) in [5, 5.41) is 13.3. The third kappa shape index (κ3) is 6.61. The number of carbonyl (C=O) groups excluding carboxylic acids is 1. The Morgan fingerprint density at radius 2 is 2.03 bits per heavy atom. The van der Waals surface area contributed by atoms with Crippen LogP contribution in [0.1, 0.15) is 49.4 Å². The fraction of sp³-hybridized carbons (Fsp3) is 0.455. The van der Waals surface area contributed by atoms with Crippen molar-refractivity contribution in [1.82, 2.24) is 10.1 Å². The second-order valence-electron chi connectivity index (χ2n) is 7.53. The first-order valence-electron chi connectivity index (χ1n) is 10.5. The number of pyridine rings is 1. The van der Waals surface area contributed by atoms with Gasteiger partial charge >= 0.3 is 14.5 Å². The largest absolute Gasteiger partial charge is 0.506 e. The van der Waals surface area contributed by atoms with Crippen molar-refractivity contribution in [3.8, 4) is 11.5 Å². The minimum Gasteiger partial charge on any atom is -0.506 e. The van der Waals surface area contributed by atoms with E-state index in [9.17, 15) is 9.90 Å². The van der Waals surface area contributed by atoms with E-state index in [2.05, 4.69) is 10.1 Å². The molecule has 2 atom stereocenters. The number of aromatic hydroxyl groups is 1. The number of esters is 1. The van der Waals surface area contributed by atoms with Crippen LogP contribution < -0.4 is 15.3 Å². The Morgan fingerprint density at radius 1 is 1.32 bits per heavy atom. The number of benzene rings is 1. The van der Waals surface area contributed by atoms with Gasteiger partial charge in [0.1, 0.15) is 23.6 Å². The summed E-state index contributed by atoms with van der Waals surface area (Å²) in [4.78, 5) is 16.7. The molecule has 1 aliphatic rings. The van der Waals surface area contributed by atoms with Gasteiger partial charge in [-0.15, -0.1) is 0 Å². The van der Waals surface area contributed by atoms with Crippen molar-refractivity contribution < 1.29 is 23.7 Å². The van der Waals surface area contributed by atoms with E-state index in [4.69, 9.17) is 19.5 Å². The third-order valence-corrected chi connectivity index (χ3v) is 6.48. The molecule has 0 bridgehead atoms. The SMILES string of the molecule is Cc1ncc(COP(N[C@@H](C)C(=O)OC2CCCC2)Oc2ccccc2)c(CN)c1O. The van der Waals surface area contributed by atoms with Gasteiger partial charge < -0.3 is 24.6 Å². The molecule has 0 amide bonds. The lowest BCUT2D eigenvalue weighted by atomic mass is 10.1. The molecule has 1 aromatic heterocycles. The zero-order valence-corrected chi connectivity index (χ0v) is 18.8. The molecule has 1 heterocycles. The van der Waals surface area contributed by atoms with Crippen molar-refractivity contribution in [3.63, 3.8) is 0 Å². The lowest BCUT2D eigenvalue weighted by Crippen LogP contribution is -2.35. The van der Waals surface area contributed by atoms with Gasteiger partial charge in [0.05, 0.1) is 12.3 Å². The second kappa shape index (κ2) is 11.4. The van der Waals surface area contributed by atoms with E-state index >= 15 is 0 Å². The Labute approximate surface area is 184 Å². The summed E-state index contributed by atoms with van der Waals surface area (Å²) >= 11 is 0. The molecule has 0 aliphatic heterocycles. The van der Waals surface area contributed by atoms with Crippen LogP contribution in [0.25, 0.3) is 0 Å². The first kappa shape index (κ1) is 23.4. The van der Waals surface area contributed by atoms with E-state index in [0.29, 0.717) is 22.6 Å². The van der Waals surface area contributed by atoms with Crippen molar-refractivity contribution in [2.45, 2.75) is 64.8 Å². The van der Waals surface area contributed by atoms with Crippen molar-refractivity contribution >= 4 is 14.5 Å². The van der Waals surface area contributed by atoms with Gasteiger partial charge in [-0.2, -0.15) is 0 Å². The van der Waals surface area contributed by atoms with Gasteiger partial charge in [0.2, 0.25) is 0 Å². The molecule has 1 unspecified atom stereocenters. The number of rotatable bonds is 10. The molecular formula is C22H30N3O5P.